The number of alkyl halides is 3. The molecule has 1 aromatic rings. The van der Waals surface area contributed by atoms with Crippen molar-refractivity contribution in [2.24, 2.45) is 0 Å². The molecule has 1 aliphatic carbocycles. The van der Waals surface area contributed by atoms with Gasteiger partial charge in [0, 0.05) is 18.2 Å². The molecule has 0 spiro atoms. The molecule has 1 aliphatic heterocycles. The Labute approximate surface area is 158 Å². The van der Waals surface area contributed by atoms with E-state index >= 15 is 0 Å². The second kappa shape index (κ2) is 10.2. The van der Waals surface area contributed by atoms with E-state index in [1.54, 1.807) is 6.07 Å². The van der Waals surface area contributed by atoms with Crippen LogP contribution in [0.3, 0.4) is 0 Å². The molecule has 2 fully saturated rings. The van der Waals surface area contributed by atoms with Crippen LogP contribution in [0.1, 0.15) is 37.8 Å². The minimum absolute atomic E-state index is 0.0904. The molecule has 3 rings (SSSR count). The number of halogens is 3. The fourth-order valence-electron chi connectivity index (χ4n) is 2.52. The van der Waals surface area contributed by atoms with Crippen molar-refractivity contribution in [2.45, 2.75) is 57.0 Å². The molecule has 1 saturated carbocycles. The lowest BCUT2D eigenvalue weighted by molar-refractivity contribution is -0.192. The van der Waals surface area contributed by atoms with Crippen LogP contribution in [0.2, 0.25) is 0 Å². The van der Waals surface area contributed by atoms with E-state index in [1.807, 2.05) is 0 Å². The van der Waals surface area contributed by atoms with Gasteiger partial charge in [0.25, 0.3) is 0 Å². The van der Waals surface area contributed by atoms with Gasteiger partial charge in [-0.3, -0.25) is 0 Å². The van der Waals surface area contributed by atoms with Crippen molar-refractivity contribution in [3.63, 3.8) is 0 Å². The van der Waals surface area contributed by atoms with Crippen LogP contribution in [0, 0.1) is 0 Å². The summed E-state index contributed by atoms with van der Waals surface area (Å²) in [5, 5.41) is 17.0. The highest BCUT2D eigenvalue weighted by molar-refractivity contribution is 5.73. The Balaban J connectivity index is 0.000000345. The molecule has 158 valence electrons. The number of alkyl carbamates (subject to hydrolysis) is 1. The van der Waals surface area contributed by atoms with E-state index < -0.39 is 18.2 Å². The van der Waals surface area contributed by atoms with Crippen molar-refractivity contribution in [1.29, 1.82) is 0 Å². The molecule has 1 atom stereocenters. The van der Waals surface area contributed by atoms with Gasteiger partial charge in [0.1, 0.15) is 18.9 Å². The summed E-state index contributed by atoms with van der Waals surface area (Å²) in [5.74, 6) is -2.40. The maximum atomic E-state index is 11.6. The molecule has 12 heteroatoms. The van der Waals surface area contributed by atoms with Gasteiger partial charge in [-0.25, -0.2) is 9.59 Å². The predicted octanol–water partition coefficient (Wildman–Crippen LogP) is 2.22. The lowest BCUT2D eigenvalue weighted by atomic mass is 10.1. The molecule has 1 saturated heterocycles. The molecule has 2 heterocycles. The van der Waals surface area contributed by atoms with E-state index in [9.17, 15) is 18.0 Å². The highest BCUT2D eigenvalue weighted by atomic mass is 19.4. The number of ether oxygens (including phenoxy) is 2. The van der Waals surface area contributed by atoms with Crippen LogP contribution in [0.5, 0.6) is 5.95 Å². The van der Waals surface area contributed by atoms with Crippen molar-refractivity contribution < 1.29 is 41.9 Å². The third kappa shape index (κ3) is 7.62. The molecular weight excluding hydrogens is 387 g/mol. The second-order valence-electron chi connectivity index (χ2n) is 6.39. The number of carboxylic acid groups (broad SMARTS) is 1. The van der Waals surface area contributed by atoms with E-state index in [4.69, 9.17) is 23.9 Å². The van der Waals surface area contributed by atoms with Gasteiger partial charge in [0.2, 0.25) is 0 Å². The summed E-state index contributed by atoms with van der Waals surface area (Å²) >= 11 is 0. The molecule has 3 N–H and O–H groups in total. The highest BCUT2D eigenvalue weighted by Crippen LogP contribution is 2.18. The van der Waals surface area contributed by atoms with Gasteiger partial charge in [0.05, 0.1) is 0 Å². The number of aromatic nitrogens is 1. The summed E-state index contributed by atoms with van der Waals surface area (Å²) in [7, 11) is 0. The normalized spacial score (nSPS) is 19.2. The third-order valence-corrected chi connectivity index (χ3v) is 4.16. The molecule has 0 aromatic carbocycles. The largest absolute Gasteiger partial charge is 0.490 e. The molecule has 1 amide bonds. The number of amides is 1. The predicted molar refractivity (Wildman–Crippen MR) is 87.7 cm³/mol. The average Bonchev–Trinajstić information content (AvgIpc) is 3.23. The summed E-state index contributed by atoms with van der Waals surface area (Å²) in [4.78, 5) is 20.5. The van der Waals surface area contributed by atoms with Gasteiger partial charge in [-0.1, -0.05) is 18.0 Å². The Morgan fingerprint density at radius 3 is 2.50 bits per heavy atom. The van der Waals surface area contributed by atoms with E-state index in [1.165, 1.54) is 12.8 Å². The lowest BCUT2D eigenvalue weighted by Gasteiger charge is -2.26. The lowest BCUT2D eigenvalue weighted by Crippen LogP contribution is -2.46. The fourth-order valence-corrected chi connectivity index (χ4v) is 2.52. The second-order valence-corrected chi connectivity index (χ2v) is 6.39. The number of nitrogens with one attached hydrogen (secondary N) is 2. The maximum absolute atomic E-state index is 11.6. The van der Waals surface area contributed by atoms with Crippen molar-refractivity contribution >= 4 is 12.1 Å². The van der Waals surface area contributed by atoms with Crippen LogP contribution in [-0.4, -0.2) is 53.7 Å². The molecule has 0 unspecified atom stereocenters. The first kappa shape index (κ1) is 21.8. The monoisotopic (exact) mass is 409 g/mol. The van der Waals surface area contributed by atoms with Gasteiger partial charge < -0.3 is 29.7 Å². The maximum Gasteiger partial charge on any atom is 0.490 e. The van der Waals surface area contributed by atoms with Crippen LogP contribution < -0.4 is 15.4 Å². The topological polar surface area (TPSA) is 123 Å². The van der Waals surface area contributed by atoms with E-state index in [0.29, 0.717) is 24.3 Å². The SMILES string of the molecule is O=C(NC1CCCC1)OCc1cc(OC[C@@H]2CCN2)on1.O=C(O)C(F)(F)F. The number of hydrogen-bond acceptors (Lipinski definition) is 7. The molecule has 2 aliphatic rings. The zero-order chi connectivity index (χ0) is 20.6. The van der Waals surface area contributed by atoms with Gasteiger partial charge in [-0.2, -0.15) is 13.2 Å². The molecule has 28 heavy (non-hydrogen) atoms. The summed E-state index contributed by atoms with van der Waals surface area (Å²) < 4.78 is 47.4. The Hall–Kier alpha value is -2.50. The van der Waals surface area contributed by atoms with Crippen molar-refractivity contribution in [1.82, 2.24) is 15.8 Å². The van der Waals surface area contributed by atoms with Gasteiger partial charge in [-0.05, 0) is 25.8 Å². The number of hydrogen-bond donors (Lipinski definition) is 3. The van der Waals surface area contributed by atoms with Gasteiger partial charge >= 0.3 is 24.2 Å². The molecule has 0 radical (unpaired) electrons. The first-order valence-corrected chi connectivity index (χ1v) is 8.79. The van der Waals surface area contributed by atoms with E-state index in [0.717, 1.165) is 25.8 Å². The smallest absolute Gasteiger partial charge is 0.475 e. The zero-order valence-electron chi connectivity index (χ0n) is 15.0. The van der Waals surface area contributed by atoms with Crippen LogP contribution in [-0.2, 0) is 16.1 Å². The molecule has 1 aromatic heterocycles. The Bertz CT molecular complexity index is 642. The standard InChI is InChI=1S/C14H21N3O4.C2HF3O2/c18-14(16-10-3-1-2-4-10)20-9-12-7-13(21-17-12)19-8-11-5-6-15-11;3-2(4,5)1(6)7/h7,10-11,15H,1-6,8-9H2,(H,16,18);(H,6,7)/t11-;/m0./s1. The Kier molecular flexibility index (Phi) is 7.91. The van der Waals surface area contributed by atoms with E-state index in [-0.39, 0.29) is 12.6 Å². The first-order valence-electron chi connectivity index (χ1n) is 8.79. The molecular formula is C16H22F3N3O6. The summed E-state index contributed by atoms with van der Waals surface area (Å²) in [5.41, 5.74) is 0.549. The molecule has 0 bridgehead atoms. The van der Waals surface area contributed by atoms with Crippen LogP contribution >= 0.6 is 0 Å². The average molecular weight is 409 g/mol. The Morgan fingerprint density at radius 2 is 1.96 bits per heavy atom. The van der Waals surface area contributed by atoms with Crippen LogP contribution in [0.25, 0.3) is 0 Å². The molecule has 9 nitrogen and oxygen atoms in total. The first-order chi connectivity index (χ1) is 13.2. The summed E-state index contributed by atoms with van der Waals surface area (Å²) in [6.07, 6.45) is 0.0468. The number of aliphatic carboxylic acids is 1. The minimum atomic E-state index is -5.08. The third-order valence-electron chi connectivity index (χ3n) is 4.16. The van der Waals surface area contributed by atoms with Gasteiger partial charge in [-0.15, -0.1) is 0 Å². The summed E-state index contributed by atoms with van der Waals surface area (Å²) in [6.45, 7) is 1.70. The van der Waals surface area contributed by atoms with Crippen molar-refractivity contribution in [2.75, 3.05) is 13.2 Å². The Morgan fingerprint density at radius 1 is 1.32 bits per heavy atom. The van der Waals surface area contributed by atoms with Crippen molar-refractivity contribution in [3.8, 4) is 5.95 Å². The quantitative estimate of drug-likeness (QED) is 0.654. The number of nitrogens with zero attached hydrogens (tertiary/aromatic N) is 1. The van der Waals surface area contributed by atoms with Crippen LogP contribution in [0.4, 0.5) is 18.0 Å². The highest BCUT2D eigenvalue weighted by Gasteiger charge is 2.38. The summed E-state index contributed by atoms with van der Waals surface area (Å²) in [6, 6.07) is 2.30. The van der Waals surface area contributed by atoms with Crippen molar-refractivity contribution in [3.05, 3.63) is 11.8 Å². The minimum Gasteiger partial charge on any atom is -0.475 e. The van der Waals surface area contributed by atoms with Gasteiger partial charge in [0.15, 0.2) is 0 Å². The number of rotatable bonds is 6. The van der Waals surface area contributed by atoms with E-state index in [2.05, 4.69) is 15.8 Å². The number of carbonyl (C=O) groups is 2. The number of carbonyl (C=O) groups excluding carboxylic acids is 1. The fraction of sp³-hybridized carbons (Fsp3) is 0.688. The number of carboxylic acids is 1. The zero-order valence-corrected chi connectivity index (χ0v) is 15.0. The van der Waals surface area contributed by atoms with Crippen LogP contribution in [0.15, 0.2) is 10.6 Å².